The molecule has 6 nitrogen and oxygen atoms in total. The van der Waals surface area contributed by atoms with Crippen LogP contribution in [0.25, 0.3) is 11.5 Å². The van der Waals surface area contributed by atoms with Crippen LogP contribution < -0.4 is 10.1 Å². The van der Waals surface area contributed by atoms with Gasteiger partial charge in [-0.05, 0) is 55.0 Å². The van der Waals surface area contributed by atoms with Gasteiger partial charge in [0.05, 0.1) is 18.3 Å². The highest BCUT2D eigenvalue weighted by molar-refractivity contribution is 5.92. The molecule has 0 unspecified atom stereocenters. The Hall–Kier alpha value is -3.93. The van der Waals surface area contributed by atoms with Crippen LogP contribution in [0.1, 0.15) is 11.3 Å². The minimum absolute atomic E-state index is 0.128. The molecule has 6 heteroatoms. The van der Waals surface area contributed by atoms with Gasteiger partial charge in [-0.2, -0.15) is 0 Å². The smallest absolute Gasteiger partial charge is 0.230 e. The first-order valence-electron chi connectivity index (χ1n) is 9.15. The molecule has 2 aromatic carbocycles. The van der Waals surface area contributed by atoms with Crippen LogP contribution in [-0.4, -0.2) is 15.9 Å². The number of carbonyl (C=O) groups excluding carboxylic acids is 1. The third kappa shape index (κ3) is 4.68. The number of oxazole rings is 1. The third-order valence-corrected chi connectivity index (χ3v) is 4.24. The van der Waals surface area contributed by atoms with Gasteiger partial charge in [0.2, 0.25) is 11.8 Å². The number of aromatic nitrogens is 2. The van der Waals surface area contributed by atoms with E-state index in [2.05, 4.69) is 15.3 Å². The van der Waals surface area contributed by atoms with Crippen molar-refractivity contribution in [1.29, 1.82) is 0 Å². The number of carbonyl (C=O) groups is 1. The highest BCUT2D eigenvalue weighted by Gasteiger charge is 2.11. The molecule has 0 spiro atoms. The second-order valence-electron chi connectivity index (χ2n) is 6.51. The summed E-state index contributed by atoms with van der Waals surface area (Å²) in [5.41, 5.74) is 3.05. The van der Waals surface area contributed by atoms with E-state index in [4.69, 9.17) is 9.15 Å². The molecule has 2 aromatic heterocycles. The van der Waals surface area contributed by atoms with Gasteiger partial charge >= 0.3 is 0 Å². The molecule has 0 fully saturated rings. The molecule has 0 atom stereocenters. The fourth-order valence-corrected chi connectivity index (χ4v) is 2.85. The van der Waals surface area contributed by atoms with Gasteiger partial charge in [-0.15, -0.1) is 0 Å². The standard InChI is InChI=1S/C23H19N3O3/c1-16-12-18(9-10-21(16)29-20-8-5-11-24-14-20)25-22(27)13-19-15-28-23(26-19)17-6-3-2-4-7-17/h2-12,14-15H,13H2,1H3,(H,25,27). The van der Waals surface area contributed by atoms with E-state index >= 15 is 0 Å². The van der Waals surface area contributed by atoms with E-state index < -0.39 is 0 Å². The molecule has 0 bridgehead atoms. The van der Waals surface area contributed by atoms with Crippen molar-refractivity contribution in [2.75, 3.05) is 5.32 Å². The normalized spacial score (nSPS) is 10.5. The average molecular weight is 385 g/mol. The fraction of sp³-hybridized carbons (Fsp3) is 0.0870. The van der Waals surface area contributed by atoms with Gasteiger partial charge < -0.3 is 14.5 Å². The summed E-state index contributed by atoms with van der Waals surface area (Å²) in [5.74, 6) is 1.70. The summed E-state index contributed by atoms with van der Waals surface area (Å²) in [4.78, 5) is 20.8. The van der Waals surface area contributed by atoms with Crippen molar-refractivity contribution in [3.63, 3.8) is 0 Å². The van der Waals surface area contributed by atoms with Gasteiger partial charge in [-0.25, -0.2) is 4.98 Å². The van der Waals surface area contributed by atoms with Crippen molar-refractivity contribution in [3.8, 4) is 23.0 Å². The monoisotopic (exact) mass is 385 g/mol. The molecule has 29 heavy (non-hydrogen) atoms. The predicted molar refractivity (Wildman–Crippen MR) is 110 cm³/mol. The number of hydrogen-bond donors (Lipinski definition) is 1. The molecular formula is C23H19N3O3. The highest BCUT2D eigenvalue weighted by Crippen LogP contribution is 2.27. The fourth-order valence-electron chi connectivity index (χ4n) is 2.85. The second kappa shape index (κ2) is 8.39. The lowest BCUT2D eigenvalue weighted by Crippen LogP contribution is -2.14. The van der Waals surface area contributed by atoms with Crippen LogP contribution >= 0.6 is 0 Å². The molecule has 0 radical (unpaired) electrons. The minimum Gasteiger partial charge on any atom is -0.455 e. The van der Waals surface area contributed by atoms with Gasteiger partial charge in [-0.1, -0.05) is 18.2 Å². The quantitative estimate of drug-likeness (QED) is 0.504. The number of nitrogens with zero attached hydrogens (tertiary/aromatic N) is 2. The molecule has 4 aromatic rings. The zero-order chi connectivity index (χ0) is 20.1. The van der Waals surface area contributed by atoms with E-state index in [1.165, 1.54) is 6.26 Å². The topological polar surface area (TPSA) is 77.2 Å². The van der Waals surface area contributed by atoms with Crippen LogP contribution in [0.5, 0.6) is 11.5 Å². The van der Waals surface area contributed by atoms with Crippen LogP contribution in [0.4, 0.5) is 5.69 Å². The van der Waals surface area contributed by atoms with E-state index in [9.17, 15) is 4.79 Å². The van der Waals surface area contributed by atoms with E-state index in [1.807, 2.05) is 61.5 Å². The number of ether oxygens (including phenoxy) is 1. The lowest BCUT2D eigenvalue weighted by atomic mass is 10.2. The Morgan fingerprint density at radius 2 is 1.97 bits per heavy atom. The molecule has 2 heterocycles. The summed E-state index contributed by atoms with van der Waals surface area (Å²) in [6, 6.07) is 18.7. The number of hydrogen-bond acceptors (Lipinski definition) is 5. The van der Waals surface area contributed by atoms with Gasteiger partial charge in [0.1, 0.15) is 17.8 Å². The minimum atomic E-state index is -0.168. The number of nitrogens with one attached hydrogen (secondary N) is 1. The maximum absolute atomic E-state index is 12.4. The van der Waals surface area contributed by atoms with Gasteiger partial charge in [0.15, 0.2) is 0 Å². The lowest BCUT2D eigenvalue weighted by Gasteiger charge is -2.10. The number of pyridine rings is 1. The molecule has 144 valence electrons. The van der Waals surface area contributed by atoms with Gasteiger partial charge in [0.25, 0.3) is 0 Å². The van der Waals surface area contributed by atoms with Crippen molar-refractivity contribution in [1.82, 2.24) is 9.97 Å². The van der Waals surface area contributed by atoms with Crippen LogP contribution in [0, 0.1) is 6.92 Å². The van der Waals surface area contributed by atoms with Crippen molar-refractivity contribution in [3.05, 3.63) is 90.6 Å². The van der Waals surface area contributed by atoms with E-state index in [0.29, 0.717) is 28.8 Å². The zero-order valence-electron chi connectivity index (χ0n) is 15.8. The Morgan fingerprint density at radius 1 is 1.10 bits per heavy atom. The Balaban J connectivity index is 1.38. The van der Waals surface area contributed by atoms with Crippen LogP contribution in [-0.2, 0) is 11.2 Å². The highest BCUT2D eigenvalue weighted by atomic mass is 16.5. The predicted octanol–water partition coefficient (Wildman–Crippen LogP) is 5.02. The Morgan fingerprint density at radius 3 is 2.72 bits per heavy atom. The summed E-state index contributed by atoms with van der Waals surface area (Å²) in [5, 5.41) is 2.88. The second-order valence-corrected chi connectivity index (χ2v) is 6.51. The molecule has 0 saturated heterocycles. The van der Waals surface area contributed by atoms with E-state index in [1.54, 1.807) is 18.5 Å². The first-order chi connectivity index (χ1) is 14.2. The van der Waals surface area contributed by atoms with Crippen molar-refractivity contribution in [2.24, 2.45) is 0 Å². The number of anilines is 1. The number of amides is 1. The summed E-state index contributed by atoms with van der Waals surface area (Å²) < 4.78 is 11.3. The summed E-state index contributed by atoms with van der Waals surface area (Å²) >= 11 is 0. The zero-order valence-corrected chi connectivity index (χ0v) is 15.8. The van der Waals surface area contributed by atoms with Crippen LogP contribution in [0.15, 0.2) is 83.7 Å². The summed E-state index contributed by atoms with van der Waals surface area (Å²) in [6.07, 6.45) is 4.98. The molecule has 0 aliphatic heterocycles. The molecular weight excluding hydrogens is 366 g/mol. The van der Waals surface area contributed by atoms with E-state index in [-0.39, 0.29) is 12.3 Å². The first kappa shape index (κ1) is 18.4. The molecule has 0 saturated carbocycles. The lowest BCUT2D eigenvalue weighted by molar-refractivity contribution is -0.115. The molecule has 1 N–H and O–H groups in total. The van der Waals surface area contributed by atoms with Gasteiger partial charge in [0, 0.05) is 17.4 Å². The van der Waals surface area contributed by atoms with Crippen molar-refractivity contribution < 1.29 is 13.9 Å². The first-order valence-corrected chi connectivity index (χ1v) is 9.15. The van der Waals surface area contributed by atoms with Crippen LogP contribution in [0.3, 0.4) is 0 Å². The Kier molecular flexibility index (Phi) is 5.33. The number of aryl methyl sites for hydroxylation is 1. The third-order valence-electron chi connectivity index (χ3n) is 4.24. The van der Waals surface area contributed by atoms with Crippen molar-refractivity contribution in [2.45, 2.75) is 13.3 Å². The largest absolute Gasteiger partial charge is 0.455 e. The summed E-state index contributed by atoms with van der Waals surface area (Å²) in [7, 11) is 0. The van der Waals surface area contributed by atoms with Crippen LogP contribution in [0.2, 0.25) is 0 Å². The van der Waals surface area contributed by atoms with Crippen molar-refractivity contribution >= 4 is 11.6 Å². The average Bonchev–Trinajstić information content (AvgIpc) is 3.20. The molecule has 0 aliphatic carbocycles. The maximum atomic E-state index is 12.4. The molecule has 0 aliphatic rings. The number of rotatable bonds is 6. The molecule has 1 amide bonds. The van der Waals surface area contributed by atoms with E-state index in [0.717, 1.165) is 11.1 Å². The van der Waals surface area contributed by atoms with Gasteiger partial charge in [-0.3, -0.25) is 9.78 Å². The molecule has 4 rings (SSSR count). The maximum Gasteiger partial charge on any atom is 0.230 e. The SMILES string of the molecule is Cc1cc(NC(=O)Cc2coc(-c3ccccc3)n2)ccc1Oc1cccnc1. The Labute approximate surface area is 168 Å². The number of benzene rings is 2. The summed E-state index contributed by atoms with van der Waals surface area (Å²) in [6.45, 7) is 1.92. The Bertz CT molecular complexity index is 1110.